The lowest BCUT2D eigenvalue weighted by molar-refractivity contribution is -0.153. The molecule has 98 valence electrons. The first kappa shape index (κ1) is 13.8. The molecule has 2 amide bonds. The second kappa shape index (κ2) is 6.43. The van der Waals surface area contributed by atoms with Crippen LogP contribution >= 0.6 is 0 Å². The maximum atomic E-state index is 11.4. The number of amides is 2. The fraction of sp³-hybridized carbons (Fsp3) is 0.364. The van der Waals surface area contributed by atoms with Crippen LogP contribution in [0, 0.1) is 0 Å². The molecule has 0 bridgehead atoms. The van der Waals surface area contributed by atoms with Crippen LogP contribution in [0.2, 0.25) is 0 Å². The first-order valence-corrected chi connectivity index (χ1v) is 5.31. The summed E-state index contributed by atoms with van der Waals surface area (Å²) in [5.41, 5.74) is 4.93. The molecule has 1 heterocycles. The molecule has 0 unspecified atom stereocenters. The molecule has 0 aliphatic heterocycles. The molecule has 0 radical (unpaired) electrons. The Bertz CT molecular complexity index is 427. The predicted octanol–water partition coefficient (Wildman–Crippen LogP) is -0.183. The third-order valence-corrected chi connectivity index (χ3v) is 2.07. The molecule has 0 aliphatic carbocycles. The Kier molecular flexibility index (Phi) is 4.91. The Balaban J connectivity index is 2.24. The highest BCUT2D eigenvalue weighted by atomic mass is 16.5. The molecule has 0 spiro atoms. The van der Waals surface area contributed by atoms with Crippen LogP contribution in [0.3, 0.4) is 0 Å². The molecular formula is C11H14N2O5. The number of hydrogen-bond donors (Lipinski definition) is 2. The normalized spacial score (nSPS) is 11.6. The smallest absolute Gasteiger partial charge is 0.308 e. The van der Waals surface area contributed by atoms with E-state index in [1.807, 2.05) is 0 Å². The molecule has 0 saturated carbocycles. The molecule has 18 heavy (non-hydrogen) atoms. The quantitative estimate of drug-likeness (QED) is 0.684. The van der Waals surface area contributed by atoms with Gasteiger partial charge in [-0.3, -0.25) is 14.4 Å². The van der Waals surface area contributed by atoms with E-state index in [1.54, 1.807) is 6.07 Å². The van der Waals surface area contributed by atoms with Crippen LogP contribution < -0.4 is 11.1 Å². The Morgan fingerprint density at radius 3 is 2.78 bits per heavy atom. The summed E-state index contributed by atoms with van der Waals surface area (Å²) in [6.45, 7) is 1.46. The lowest BCUT2D eigenvalue weighted by Gasteiger charge is -2.09. The molecule has 0 aromatic carbocycles. The summed E-state index contributed by atoms with van der Waals surface area (Å²) >= 11 is 0. The number of carbonyl (C=O) groups is 3. The summed E-state index contributed by atoms with van der Waals surface area (Å²) in [7, 11) is 0. The zero-order valence-corrected chi connectivity index (χ0v) is 9.84. The van der Waals surface area contributed by atoms with Crippen molar-refractivity contribution in [2.24, 2.45) is 5.73 Å². The van der Waals surface area contributed by atoms with Gasteiger partial charge in [-0.2, -0.15) is 0 Å². The summed E-state index contributed by atoms with van der Waals surface area (Å²) in [6.07, 6.45) is 0.347. The Morgan fingerprint density at radius 2 is 2.22 bits per heavy atom. The van der Waals surface area contributed by atoms with Crippen molar-refractivity contribution >= 4 is 17.8 Å². The zero-order chi connectivity index (χ0) is 13.5. The number of furan rings is 1. The number of nitrogens with two attached hydrogens (primary N) is 1. The van der Waals surface area contributed by atoms with Crippen molar-refractivity contribution in [3.8, 4) is 0 Å². The van der Waals surface area contributed by atoms with Crippen molar-refractivity contribution in [3.05, 3.63) is 24.2 Å². The fourth-order valence-corrected chi connectivity index (χ4v) is 1.09. The second-order valence-corrected chi connectivity index (χ2v) is 3.52. The van der Waals surface area contributed by atoms with Crippen molar-refractivity contribution in [3.63, 3.8) is 0 Å². The van der Waals surface area contributed by atoms with E-state index in [0.29, 0.717) is 0 Å². The average Bonchev–Trinajstić information content (AvgIpc) is 2.81. The van der Waals surface area contributed by atoms with Gasteiger partial charge in [-0.15, -0.1) is 0 Å². The van der Waals surface area contributed by atoms with Gasteiger partial charge < -0.3 is 20.2 Å². The van der Waals surface area contributed by atoms with E-state index in [-0.39, 0.29) is 18.7 Å². The highest BCUT2D eigenvalue weighted by molar-refractivity contribution is 5.91. The van der Waals surface area contributed by atoms with Crippen molar-refractivity contribution in [2.45, 2.75) is 19.4 Å². The summed E-state index contributed by atoms with van der Waals surface area (Å²) in [5, 5.41) is 2.47. The first-order chi connectivity index (χ1) is 8.50. The van der Waals surface area contributed by atoms with E-state index in [1.165, 1.54) is 19.3 Å². The van der Waals surface area contributed by atoms with E-state index in [2.05, 4.69) is 5.32 Å². The Morgan fingerprint density at radius 1 is 1.50 bits per heavy atom. The van der Waals surface area contributed by atoms with Gasteiger partial charge in [0.15, 0.2) is 11.9 Å². The molecule has 1 aromatic rings. The molecule has 0 saturated heterocycles. The Labute approximate surface area is 103 Å². The van der Waals surface area contributed by atoms with Crippen LogP contribution in [0.1, 0.15) is 23.9 Å². The number of esters is 1. The van der Waals surface area contributed by atoms with Crippen LogP contribution in [0.4, 0.5) is 0 Å². The van der Waals surface area contributed by atoms with Crippen molar-refractivity contribution in [1.29, 1.82) is 0 Å². The number of carbonyl (C=O) groups excluding carboxylic acids is 3. The highest BCUT2D eigenvalue weighted by Crippen LogP contribution is 1.99. The molecule has 1 rings (SSSR count). The number of hydrogen-bond acceptors (Lipinski definition) is 5. The summed E-state index contributed by atoms with van der Waals surface area (Å²) in [4.78, 5) is 33.2. The standard InChI is InChI=1S/C11H14N2O5/c1-7(10(12)15)18-9(14)4-5-13-11(16)8-3-2-6-17-8/h2-3,6-7H,4-5H2,1H3,(H2,12,15)(H,13,16)/t7-/m1/s1. The number of nitrogens with one attached hydrogen (secondary N) is 1. The van der Waals surface area contributed by atoms with Crippen LogP contribution in [0.5, 0.6) is 0 Å². The van der Waals surface area contributed by atoms with E-state index in [4.69, 9.17) is 14.9 Å². The highest BCUT2D eigenvalue weighted by Gasteiger charge is 2.14. The van der Waals surface area contributed by atoms with E-state index < -0.39 is 23.9 Å². The molecule has 7 nitrogen and oxygen atoms in total. The lowest BCUT2D eigenvalue weighted by Crippen LogP contribution is -2.32. The van der Waals surface area contributed by atoms with Crippen LogP contribution in [0.25, 0.3) is 0 Å². The van der Waals surface area contributed by atoms with Crippen LogP contribution in [-0.4, -0.2) is 30.4 Å². The Hall–Kier alpha value is -2.31. The molecule has 3 N–H and O–H groups in total. The third kappa shape index (κ3) is 4.28. The van der Waals surface area contributed by atoms with Gasteiger partial charge in [-0.25, -0.2) is 0 Å². The summed E-state index contributed by atoms with van der Waals surface area (Å²) in [6, 6.07) is 3.08. The minimum atomic E-state index is -0.974. The van der Waals surface area contributed by atoms with Crippen LogP contribution in [0.15, 0.2) is 22.8 Å². The minimum Gasteiger partial charge on any atom is -0.459 e. The van der Waals surface area contributed by atoms with Crippen molar-refractivity contribution < 1.29 is 23.5 Å². The van der Waals surface area contributed by atoms with E-state index in [9.17, 15) is 14.4 Å². The molecule has 7 heteroatoms. The monoisotopic (exact) mass is 254 g/mol. The molecular weight excluding hydrogens is 240 g/mol. The van der Waals surface area contributed by atoms with Gasteiger partial charge in [0, 0.05) is 6.54 Å². The van der Waals surface area contributed by atoms with Gasteiger partial charge >= 0.3 is 5.97 Å². The van der Waals surface area contributed by atoms with E-state index >= 15 is 0 Å². The molecule has 1 aromatic heterocycles. The maximum Gasteiger partial charge on any atom is 0.308 e. The lowest BCUT2D eigenvalue weighted by atomic mass is 10.3. The predicted molar refractivity (Wildman–Crippen MR) is 60.4 cm³/mol. The number of primary amides is 1. The second-order valence-electron chi connectivity index (χ2n) is 3.52. The van der Waals surface area contributed by atoms with Gasteiger partial charge in [0.2, 0.25) is 0 Å². The molecule has 1 atom stereocenters. The van der Waals surface area contributed by atoms with Gasteiger partial charge in [0.05, 0.1) is 12.7 Å². The average molecular weight is 254 g/mol. The van der Waals surface area contributed by atoms with Crippen molar-refractivity contribution in [2.75, 3.05) is 6.54 Å². The first-order valence-electron chi connectivity index (χ1n) is 5.31. The minimum absolute atomic E-state index is 0.0515. The number of ether oxygens (including phenoxy) is 1. The van der Waals surface area contributed by atoms with Gasteiger partial charge in [0.25, 0.3) is 11.8 Å². The molecule has 0 aliphatic rings. The van der Waals surface area contributed by atoms with Gasteiger partial charge in [-0.05, 0) is 19.1 Å². The fourth-order valence-electron chi connectivity index (χ4n) is 1.09. The van der Waals surface area contributed by atoms with Gasteiger partial charge in [-0.1, -0.05) is 0 Å². The third-order valence-electron chi connectivity index (χ3n) is 2.07. The SMILES string of the molecule is C[C@@H](OC(=O)CCNC(=O)c1ccco1)C(N)=O. The van der Waals surface area contributed by atoms with E-state index in [0.717, 1.165) is 0 Å². The summed E-state index contributed by atoms with van der Waals surface area (Å²) < 4.78 is 9.56. The van der Waals surface area contributed by atoms with Crippen molar-refractivity contribution in [1.82, 2.24) is 5.32 Å². The molecule has 0 fully saturated rings. The summed E-state index contributed by atoms with van der Waals surface area (Å²) in [5.74, 6) is -1.59. The number of rotatable bonds is 6. The largest absolute Gasteiger partial charge is 0.459 e. The topological polar surface area (TPSA) is 112 Å². The van der Waals surface area contributed by atoms with Gasteiger partial charge in [0.1, 0.15) is 0 Å². The van der Waals surface area contributed by atoms with Crippen LogP contribution in [-0.2, 0) is 14.3 Å². The zero-order valence-electron chi connectivity index (χ0n) is 9.84. The maximum absolute atomic E-state index is 11.4.